The second-order valence-corrected chi connectivity index (χ2v) is 5.13. The fourth-order valence-corrected chi connectivity index (χ4v) is 2.43. The average molecular weight is 356 g/mol. The quantitative estimate of drug-likeness (QED) is 0.300. The Hall–Kier alpha value is -2.83. The molecule has 128 valence electrons. The molecule has 0 nitrogen and oxygen atoms in total. The molecule has 0 aliphatic carbocycles. The van der Waals surface area contributed by atoms with Crippen molar-refractivity contribution in [3.8, 4) is 22.3 Å². The van der Waals surface area contributed by atoms with Crippen LogP contribution in [-0.4, -0.2) is 0 Å². The fourth-order valence-electron chi connectivity index (χ4n) is 2.43. The molecule has 0 fully saturated rings. The minimum Gasteiger partial charge on any atom is -0.204 e. The Labute approximate surface area is 137 Å². The Kier molecular flexibility index (Phi) is 4.24. The van der Waals surface area contributed by atoms with Crippen molar-refractivity contribution < 1.29 is 30.7 Å². The van der Waals surface area contributed by atoms with Gasteiger partial charge in [-0.1, -0.05) is 30.3 Å². The average Bonchev–Trinajstić information content (AvgIpc) is 2.61. The summed E-state index contributed by atoms with van der Waals surface area (Å²) in [5.41, 5.74) is -1.71. The van der Waals surface area contributed by atoms with Gasteiger partial charge in [0.1, 0.15) is 0 Å². The Balaban J connectivity index is 2.24. The van der Waals surface area contributed by atoms with Crippen LogP contribution >= 0.6 is 0 Å². The summed E-state index contributed by atoms with van der Waals surface area (Å²) in [6, 6.07) is 7.97. The molecule has 0 heterocycles. The summed E-state index contributed by atoms with van der Waals surface area (Å²) in [7, 11) is 0. The Morgan fingerprint density at radius 3 is 1.64 bits per heavy atom. The lowest BCUT2D eigenvalue weighted by atomic mass is 9.97. The SMILES string of the molecule is Fc1cccc(-c2cccc(-c3c(F)c(F)c(F)c(F)c3F)c2)c1F. The summed E-state index contributed by atoms with van der Waals surface area (Å²) < 4.78 is 94.9. The molecule has 0 radical (unpaired) electrons. The zero-order valence-corrected chi connectivity index (χ0v) is 12.2. The molecule has 0 spiro atoms. The second kappa shape index (κ2) is 6.23. The maximum atomic E-state index is 13.9. The predicted molar refractivity (Wildman–Crippen MR) is 77.0 cm³/mol. The highest BCUT2D eigenvalue weighted by molar-refractivity contribution is 5.74. The Bertz CT molecular complexity index is 950. The summed E-state index contributed by atoms with van der Waals surface area (Å²) in [6.45, 7) is 0. The molecule has 3 aromatic carbocycles. The number of hydrogen-bond acceptors (Lipinski definition) is 0. The molecule has 0 aliphatic heterocycles. The number of halogens is 7. The summed E-state index contributed by atoms with van der Waals surface area (Å²) >= 11 is 0. The molecule has 0 saturated carbocycles. The normalized spacial score (nSPS) is 11.0. The van der Waals surface area contributed by atoms with E-state index in [0.29, 0.717) is 0 Å². The zero-order chi connectivity index (χ0) is 18.3. The third-order valence-corrected chi connectivity index (χ3v) is 3.62. The van der Waals surface area contributed by atoms with Gasteiger partial charge in [0.15, 0.2) is 34.9 Å². The summed E-state index contributed by atoms with van der Waals surface area (Å²) in [5.74, 6) is -12.8. The van der Waals surface area contributed by atoms with E-state index in [2.05, 4.69) is 0 Å². The van der Waals surface area contributed by atoms with Crippen LogP contribution in [0.2, 0.25) is 0 Å². The molecule has 3 rings (SSSR count). The van der Waals surface area contributed by atoms with E-state index >= 15 is 0 Å². The monoisotopic (exact) mass is 356 g/mol. The van der Waals surface area contributed by atoms with Crippen LogP contribution in [0.3, 0.4) is 0 Å². The van der Waals surface area contributed by atoms with E-state index in [1.54, 1.807) is 0 Å². The first-order valence-corrected chi connectivity index (χ1v) is 6.89. The van der Waals surface area contributed by atoms with Gasteiger partial charge in [-0.05, 0) is 23.3 Å². The molecule has 0 aromatic heterocycles. The van der Waals surface area contributed by atoms with Gasteiger partial charge in [0, 0.05) is 5.56 Å². The Morgan fingerprint density at radius 1 is 0.480 bits per heavy atom. The van der Waals surface area contributed by atoms with Crippen molar-refractivity contribution in [1.82, 2.24) is 0 Å². The lowest BCUT2D eigenvalue weighted by Gasteiger charge is -2.10. The standard InChI is InChI=1S/C18H7F7/c19-11-6-2-5-10(13(11)20)8-3-1-4-9(7-8)12-14(21)16(23)18(25)17(24)15(12)22/h1-7H. The smallest absolute Gasteiger partial charge is 0.200 e. The van der Waals surface area contributed by atoms with E-state index in [1.807, 2.05) is 0 Å². The zero-order valence-electron chi connectivity index (χ0n) is 12.2. The van der Waals surface area contributed by atoms with Crippen LogP contribution < -0.4 is 0 Å². The highest BCUT2D eigenvalue weighted by Gasteiger charge is 2.26. The first-order chi connectivity index (χ1) is 11.8. The van der Waals surface area contributed by atoms with E-state index in [0.717, 1.165) is 18.2 Å². The van der Waals surface area contributed by atoms with Gasteiger partial charge in [-0.25, -0.2) is 30.7 Å². The largest absolute Gasteiger partial charge is 0.204 e. The van der Waals surface area contributed by atoms with Crippen LogP contribution in [0.25, 0.3) is 22.3 Å². The van der Waals surface area contributed by atoms with Crippen LogP contribution in [-0.2, 0) is 0 Å². The van der Waals surface area contributed by atoms with Gasteiger partial charge >= 0.3 is 0 Å². The lowest BCUT2D eigenvalue weighted by molar-refractivity contribution is 0.381. The molecule has 25 heavy (non-hydrogen) atoms. The van der Waals surface area contributed by atoms with Gasteiger partial charge in [0.25, 0.3) is 0 Å². The highest BCUT2D eigenvalue weighted by atomic mass is 19.2. The lowest BCUT2D eigenvalue weighted by Crippen LogP contribution is -2.04. The van der Waals surface area contributed by atoms with Crippen molar-refractivity contribution in [2.24, 2.45) is 0 Å². The van der Waals surface area contributed by atoms with Crippen molar-refractivity contribution in [2.75, 3.05) is 0 Å². The van der Waals surface area contributed by atoms with E-state index in [4.69, 9.17) is 0 Å². The molecule has 0 N–H and O–H groups in total. The third kappa shape index (κ3) is 2.75. The van der Waals surface area contributed by atoms with Gasteiger partial charge in [-0.15, -0.1) is 0 Å². The molecular formula is C18H7F7. The van der Waals surface area contributed by atoms with Crippen molar-refractivity contribution in [3.05, 3.63) is 83.2 Å². The van der Waals surface area contributed by atoms with E-state index in [-0.39, 0.29) is 16.7 Å². The Morgan fingerprint density at radius 2 is 1.00 bits per heavy atom. The molecule has 0 unspecified atom stereocenters. The van der Waals surface area contributed by atoms with Crippen LogP contribution in [0.4, 0.5) is 30.7 Å². The number of hydrogen-bond donors (Lipinski definition) is 0. The molecule has 3 aromatic rings. The second-order valence-electron chi connectivity index (χ2n) is 5.13. The first-order valence-electron chi connectivity index (χ1n) is 6.89. The predicted octanol–water partition coefficient (Wildman–Crippen LogP) is 5.99. The highest BCUT2D eigenvalue weighted by Crippen LogP contribution is 2.34. The van der Waals surface area contributed by atoms with Crippen molar-refractivity contribution in [1.29, 1.82) is 0 Å². The first kappa shape index (κ1) is 17.0. The van der Waals surface area contributed by atoms with Crippen molar-refractivity contribution in [3.63, 3.8) is 0 Å². The molecular weight excluding hydrogens is 349 g/mol. The van der Waals surface area contributed by atoms with Gasteiger partial charge in [0.2, 0.25) is 5.82 Å². The maximum absolute atomic E-state index is 13.9. The van der Waals surface area contributed by atoms with Gasteiger partial charge in [-0.2, -0.15) is 0 Å². The van der Waals surface area contributed by atoms with E-state index < -0.39 is 46.3 Å². The fraction of sp³-hybridized carbons (Fsp3) is 0. The van der Waals surface area contributed by atoms with Gasteiger partial charge < -0.3 is 0 Å². The third-order valence-electron chi connectivity index (χ3n) is 3.62. The van der Waals surface area contributed by atoms with E-state index in [9.17, 15) is 30.7 Å². The minimum absolute atomic E-state index is 0.0124. The minimum atomic E-state index is -2.27. The van der Waals surface area contributed by atoms with Crippen LogP contribution in [0, 0.1) is 40.7 Å². The molecule has 7 heteroatoms. The molecule has 0 aliphatic rings. The topological polar surface area (TPSA) is 0 Å². The van der Waals surface area contributed by atoms with Crippen molar-refractivity contribution in [2.45, 2.75) is 0 Å². The van der Waals surface area contributed by atoms with Crippen LogP contribution in [0.1, 0.15) is 0 Å². The molecule has 0 saturated heterocycles. The van der Waals surface area contributed by atoms with Gasteiger partial charge in [0.05, 0.1) is 5.56 Å². The number of benzene rings is 3. The molecule has 0 atom stereocenters. The molecule has 0 amide bonds. The summed E-state index contributed by atoms with van der Waals surface area (Å²) in [5, 5.41) is 0. The number of rotatable bonds is 2. The van der Waals surface area contributed by atoms with Crippen LogP contribution in [0.5, 0.6) is 0 Å². The van der Waals surface area contributed by atoms with Crippen molar-refractivity contribution >= 4 is 0 Å². The van der Waals surface area contributed by atoms with Crippen LogP contribution in [0.15, 0.2) is 42.5 Å². The van der Waals surface area contributed by atoms with E-state index in [1.165, 1.54) is 24.3 Å². The summed E-state index contributed by atoms with van der Waals surface area (Å²) in [6.07, 6.45) is 0. The summed E-state index contributed by atoms with van der Waals surface area (Å²) in [4.78, 5) is 0. The maximum Gasteiger partial charge on any atom is 0.200 e. The molecule has 0 bridgehead atoms. The van der Waals surface area contributed by atoms with Gasteiger partial charge in [-0.3, -0.25) is 0 Å².